The summed E-state index contributed by atoms with van der Waals surface area (Å²) in [7, 11) is 0. The zero-order valence-electron chi connectivity index (χ0n) is 24.6. The molecule has 0 N–H and O–H groups in total. The maximum atomic E-state index is 6.52. The predicted octanol–water partition coefficient (Wildman–Crippen LogP) is 7.60. The van der Waals surface area contributed by atoms with Gasteiger partial charge in [0.1, 0.15) is 0 Å². The van der Waals surface area contributed by atoms with Crippen LogP contribution in [0.5, 0.6) is 11.5 Å². The van der Waals surface area contributed by atoms with Crippen molar-refractivity contribution in [3.63, 3.8) is 0 Å². The average Bonchev–Trinajstić information content (AvgIpc) is 3.73. The third kappa shape index (κ3) is 3.56. The van der Waals surface area contributed by atoms with Gasteiger partial charge in [0.2, 0.25) is 0 Å². The van der Waals surface area contributed by atoms with Crippen LogP contribution in [-0.2, 0) is 29.7 Å². The molecule has 4 aromatic carbocycles. The van der Waals surface area contributed by atoms with Crippen LogP contribution in [0, 0.1) is 12.1 Å². The number of ether oxygens (including phenoxy) is 1. The molecule has 2 saturated carbocycles. The molecule has 1 spiro atoms. The maximum absolute atomic E-state index is 6.52. The molecule has 6 aliphatic rings. The third-order valence-electron chi connectivity index (χ3n) is 10.6. The molecule has 0 radical (unpaired) electrons. The molecule has 6 bridgehead atoms. The molecule has 0 amide bonds. The molecule has 2 aliphatic carbocycles. The first-order valence-corrected chi connectivity index (χ1v) is 18.4. The second kappa shape index (κ2) is 9.65. The third-order valence-corrected chi connectivity index (χ3v) is 13.8. The summed E-state index contributed by atoms with van der Waals surface area (Å²) in [5.74, 6) is 1.54. The Morgan fingerprint density at radius 1 is 0.636 bits per heavy atom. The van der Waals surface area contributed by atoms with Crippen molar-refractivity contribution >= 4 is 31.0 Å². The van der Waals surface area contributed by atoms with Crippen LogP contribution >= 0.6 is 0 Å². The quantitative estimate of drug-likeness (QED) is 0.172. The first-order chi connectivity index (χ1) is 21.8. The van der Waals surface area contributed by atoms with Gasteiger partial charge in [0.05, 0.1) is 0 Å². The van der Waals surface area contributed by atoms with Crippen molar-refractivity contribution in [2.45, 2.75) is 75.5 Å². The van der Waals surface area contributed by atoms with Crippen LogP contribution in [0.4, 0.5) is 22.7 Å². The van der Waals surface area contributed by atoms with Gasteiger partial charge in [0, 0.05) is 0 Å². The molecule has 4 aromatic rings. The molecule has 0 saturated heterocycles. The van der Waals surface area contributed by atoms with E-state index in [1.807, 2.05) is 6.07 Å². The molecule has 44 heavy (non-hydrogen) atoms. The van der Waals surface area contributed by atoms with Gasteiger partial charge in [-0.15, -0.1) is 0 Å². The Balaban J connectivity index is 1.32. The molecular weight excluding hydrogens is 724 g/mol. The topological polar surface area (TPSA) is 22.2 Å². The standard InChI is InChI=1S/C38H34N4O.Pt/c1-2-16-33-32(15-1)39-25-28-11-9-13-30(23-28)43-31-14-10-12-29(24-31)38(21-7-8-22-38)42-27-41(36-19-5-6-20-37(36)42)35-18-4-3-17-34(35)40(33)26-39;/h1-2,5-6,9-16,19-20,34-35H,3-4,7-8,17-18,21-22,25H2;/q-2;. The van der Waals surface area contributed by atoms with Crippen LogP contribution in [0.1, 0.15) is 62.5 Å². The normalized spacial score (nSPS) is 24.2. The van der Waals surface area contributed by atoms with E-state index in [-0.39, 0.29) is 5.54 Å². The van der Waals surface area contributed by atoms with Gasteiger partial charge in [-0.05, 0) is 0 Å². The van der Waals surface area contributed by atoms with Crippen LogP contribution < -0.4 is 24.3 Å². The summed E-state index contributed by atoms with van der Waals surface area (Å²) >= 11 is -0.587. The number of benzene rings is 4. The van der Waals surface area contributed by atoms with Crippen molar-refractivity contribution in [2.75, 3.05) is 19.6 Å². The van der Waals surface area contributed by atoms with Gasteiger partial charge < -0.3 is 0 Å². The Hall–Kier alpha value is -3.69. The second-order valence-corrected chi connectivity index (χ2v) is 15.5. The zero-order chi connectivity index (χ0) is 28.8. The Morgan fingerprint density at radius 2 is 1.27 bits per heavy atom. The Labute approximate surface area is 267 Å². The van der Waals surface area contributed by atoms with E-state index in [0.717, 1.165) is 36.4 Å². The summed E-state index contributed by atoms with van der Waals surface area (Å²) in [6.07, 6.45) is 9.74. The van der Waals surface area contributed by atoms with E-state index < -0.39 is 17.6 Å². The summed E-state index contributed by atoms with van der Waals surface area (Å²) in [5, 5.41) is 0. The first kappa shape index (κ1) is 25.6. The number of anilines is 4. The molecular formula is C38H34N4OPt-2. The number of fused-ring (bicyclic) bond motifs is 15. The van der Waals surface area contributed by atoms with Crippen LogP contribution in [0.2, 0.25) is 0 Å². The molecule has 10 rings (SSSR count). The van der Waals surface area contributed by atoms with Crippen LogP contribution in [0.15, 0.2) is 84.9 Å². The van der Waals surface area contributed by atoms with Gasteiger partial charge in [-0.2, -0.15) is 0 Å². The monoisotopic (exact) mass is 757 g/mol. The molecule has 5 nitrogen and oxygen atoms in total. The van der Waals surface area contributed by atoms with Crippen molar-refractivity contribution in [2.24, 2.45) is 0 Å². The van der Waals surface area contributed by atoms with Crippen molar-refractivity contribution in [3.05, 3.63) is 108 Å². The van der Waals surface area contributed by atoms with E-state index in [1.54, 1.807) is 4.15 Å². The van der Waals surface area contributed by atoms with Crippen LogP contribution in [0.25, 0.3) is 0 Å². The predicted molar refractivity (Wildman–Crippen MR) is 173 cm³/mol. The summed E-state index contributed by atoms with van der Waals surface area (Å²) in [6.45, 7) is 0.784. The second-order valence-electron chi connectivity index (χ2n) is 12.9. The average molecular weight is 758 g/mol. The SMILES string of the molecule is [c-]1c2cccc1Oc1[c-]c(ccc1)C1(CCCC1)N1[C]3=[Pt]=[C]4N(C2)c2ccccc2N4C2CCCCC2N3c2ccccc21. The summed E-state index contributed by atoms with van der Waals surface area (Å²) in [5.41, 5.74) is 7.77. The van der Waals surface area contributed by atoms with E-state index in [9.17, 15) is 0 Å². The fourth-order valence-corrected chi connectivity index (χ4v) is 12.8. The van der Waals surface area contributed by atoms with Gasteiger partial charge in [-0.3, -0.25) is 0 Å². The summed E-state index contributed by atoms with van der Waals surface area (Å²) in [6, 6.07) is 39.7. The summed E-state index contributed by atoms with van der Waals surface area (Å²) < 4.78 is 9.59. The summed E-state index contributed by atoms with van der Waals surface area (Å²) in [4.78, 5) is 11.1. The van der Waals surface area contributed by atoms with Crippen LogP contribution in [0.3, 0.4) is 0 Å². The minimum atomic E-state index is -0.587. The van der Waals surface area contributed by atoms with Crippen molar-refractivity contribution in [1.82, 2.24) is 0 Å². The molecule has 2 unspecified atom stereocenters. The fourth-order valence-electron chi connectivity index (χ4n) is 8.71. The fraction of sp³-hybridized carbons (Fsp3) is 0.316. The van der Waals surface area contributed by atoms with E-state index in [1.165, 1.54) is 71.0 Å². The molecule has 0 aromatic heterocycles. The Morgan fingerprint density at radius 3 is 2.05 bits per heavy atom. The minimum absolute atomic E-state index is 0.147. The molecule has 2 atom stereocenters. The van der Waals surface area contributed by atoms with E-state index in [2.05, 4.69) is 111 Å². The Bertz CT molecular complexity index is 1890. The van der Waals surface area contributed by atoms with Gasteiger partial charge in [-0.1, -0.05) is 0 Å². The molecule has 4 aliphatic heterocycles. The molecule has 4 heterocycles. The molecule has 224 valence electrons. The Kier molecular flexibility index (Phi) is 5.62. The van der Waals surface area contributed by atoms with Crippen molar-refractivity contribution in [1.29, 1.82) is 0 Å². The number of hydrogen-bond donors (Lipinski definition) is 0. The first-order valence-electron chi connectivity index (χ1n) is 16.2. The van der Waals surface area contributed by atoms with Gasteiger partial charge >= 0.3 is 268 Å². The van der Waals surface area contributed by atoms with Crippen molar-refractivity contribution < 1.29 is 22.4 Å². The van der Waals surface area contributed by atoms with Gasteiger partial charge in [0.15, 0.2) is 0 Å². The van der Waals surface area contributed by atoms with Crippen LogP contribution in [-0.4, -0.2) is 20.4 Å². The molecule has 6 heteroatoms. The van der Waals surface area contributed by atoms with E-state index >= 15 is 0 Å². The number of nitrogens with zero attached hydrogens (tertiary/aromatic N) is 4. The number of hydrogen-bond acceptors (Lipinski definition) is 5. The number of rotatable bonds is 0. The van der Waals surface area contributed by atoms with Gasteiger partial charge in [-0.25, -0.2) is 0 Å². The zero-order valence-corrected chi connectivity index (χ0v) is 26.9. The van der Waals surface area contributed by atoms with Gasteiger partial charge in [0.25, 0.3) is 0 Å². The van der Waals surface area contributed by atoms with Crippen molar-refractivity contribution in [3.8, 4) is 11.5 Å². The molecule has 2 fully saturated rings. The van der Waals surface area contributed by atoms with E-state index in [4.69, 9.17) is 4.74 Å². The number of para-hydroxylation sites is 4. The van der Waals surface area contributed by atoms with E-state index in [0.29, 0.717) is 12.1 Å².